The normalized spacial score (nSPS) is 11.9. The first-order valence-corrected chi connectivity index (χ1v) is 7.88. The zero-order chi connectivity index (χ0) is 10.2. The summed E-state index contributed by atoms with van der Waals surface area (Å²) in [6, 6.07) is 0. The van der Waals surface area contributed by atoms with Crippen molar-refractivity contribution < 1.29 is 13.6 Å². The number of unbranched alkanes of at least 4 members (excludes halogenated alkanes) is 1. The van der Waals surface area contributed by atoms with Crippen LogP contribution in [0.2, 0.25) is 0 Å². The van der Waals surface area contributed by atoms with Gasteiger partial charge in [-0.15, -0.1) is 0 Å². The average Bonchev–Trinajstić information content (AvgIpc) is 2.05. The largest absolute Gasteiger partial charge is 0.330 e. The Bertz CT molecular complexity index is 153. The molecule has 80 valence electrons. The minimum absolute atomic E-state index is 0.460. The molecular weight excluding hydrogens is 302 g/mol. The van der Waals surface area contributed by atoms with Crippen LogP contribution in [0.5, 0.6) is 0 Å². The molecule has 5 heteroatoms. The lowest BCUT2D eigenvalue weighted by Gasteiger charge is -2.16. The second-order valence-corrected chi connectivity index (χ2v) is 5.83. The van der Waals surface area contributed by atoms with E-state index in [0.29, 0.717) is 19.4 Å². The van der Waals surface area contributed by atoms with E-state index >= 15 is 0 Å². The van der Waals surface area contributed by atoms with Crippen LogP contribution >= 0.6 is 30.2 Å². The van der Waals surface area contributed by atoms with Crippen LogP contribution in [0.1, 0.15) is 26.7 Å². The van der Waals surface area contributed by atoms with E-state index < -0.39 is 7.60 Å². The molecule has 0 radical (unpaired) electrons. The molecule has 0 aliphatic rings. The molecule has 0 aliphatic heterocycles. The SMILES string of the molecule is CCOP(=O)(CCCCI)OCC. The molecule has 0 N–H and O–H groups in total. The summed E-state index contributed by atoms with van der Waals surface area (Å²) in [5.41, 5.74) is 0. The smallest absolute Gasteiger partial charge is 0.309 e. The van der Waals surface area contributed by atoms with Crippen LogP contribution < -0.4 is 0 Å². The van der Waals surface area contributed by atoms with Gasteiger partial charge in [-0.05, 0) is 31.1 Å². The minimum Gasteiger partial charge on any atom is -0.309 e. The monoisotopic (exact) mass is 320 g/mol. The van der Waals surface area contributed by atoms with E-state index in [0.717, 1.165) is 17.3 Å². The van der Waals surface area contributed by atoms with Crippen LogP contribution in [0.4, 0.5) is 0 Å². The third-order valence-corrected chi connectivity index (χ3v) is 4.40. The lowest BCUT2D eigenvalue weighted by Crippen LogP contribution is -2.00. The fourth-order valence-electron chi connectivity index (χ4n) is 0.960. The molecule has 0 spiro atoms. The highest BCUT2D eigenvalue weighted by Crippen LogP contribution is 2.48. The van der Waals surface area contributed by atoms with E-state index in [1.807, 2.05) is 13.8 Å². The Morgan fingerprint density at radius 3 is 2.08 bits per heavy atom. The predicted octanol–water partition coefficient (Wildman–Crippen LogP) is 3.47. The molecule has 13 heavy (non-hydrogen) atoms. The van der Waals surface area contributed by atoms with E-state index in [9.17, 15) is 4.57 Å². The summed E-state index contributed by atoms with van der Waals surface area (Å²) >= 11 is 2.31. The van der Waals surface area contributed by atoms with Crippen LogP contribution in [0.15, 0.2) is 0 Å². The van der Waals surface area contributed by atoms with Crippen LogP contribution in [0.25, 0.3) is 0 Å². The molecule has 0 unspecified atom stereocenters. The Hall–Kier alpha value is 0.880. The molecule has 0 rings (SSSR count). The molecular formula is C8H18IO3P. The van der Waals surface area contributed by atoms with Gasteiger partial charge < -0.3 is 9.05 Å². The lowest BCUT2D eigenvalue weighted by molar-refractivity contribution is 0.220. The van der Waals surface area contributed by atoms with Crippen molar-refractivity contribution in [3.8, 4) is 0 Å². The minimum atomic E-state index is -2.75. The van der Waals surface area contributed by atoms with E-state index in [2.05, 4.69) is 22.6 Å². The number of halogens is 1. The summed E-state index contributed by atoms with van der Waals surface area (Å²) in [5.74, 6) is 0. The Labute approximate surface area is 94.2 Å². The Morgan fingerprint density at radius 2 is 1.69 bits per heavy atom. The summed E-state index contributed by atoms with van der Waals surface area (Å²) in [4.78, 5) is 0. The molecule has 0 atom stereocenters. The van der Waals surface area contributed by atoms with Gasteiger partial charge in [0.05, 0.1) is 19.4 Å². The zero-order valence-electron chi connectivity index (χ0n) is 8.29. The van der Waals surface area contributed by atoms with Crippen molar-refractivity contribution in [3.63, 3.8) is 0 Å². The third-order valence-electron chi connectivity index (χ3n) is 1.47. The predicted molar refractivity (Wildman–Crippen MR) is 63.8 cm³/mol. The fraction of sp³-hybridized carbons (Fsp3) is 1.00. The molecule has 0 saturated carbocycles. The van der Waals surface area contributed by atoms with Crippen LogP contribution in [-0.2, 0) is 13.6 Å². The third kappa shape index (κ3) is 6.89. The molecule has 0 aromatic rings. The average molecular weight is 320 g/mol. The summed E-state index contributed by atoms with van der Waals surface area (Å²) in [6.45, 7) is 4.59. The maximum absolute atomic E-state index is 11.8. The van der Waals surface area contributed by atoms with E-state index in [1.165, 1.54) is 0 Å². The fourth-order valence-corrected chi connectivity index (χ4v) is 3.23. The molecule has 0 amide bonds. The maximum atomic E-state index is 11.8. The van der Waals surface area contributed by atoms with Crippen LogP contribution in [-0.4, -0.2) is 23.8 Å². The molecule has 0 aromatic heterocycles. The van der Waals surface area contributed by atoms with E-state index in [4.69, 9.17) is 9.05 Å². The maximum Gasteiger partial charge on any atom is 0.330 e. The van der Waals surface area contributed by atoms with Gasteiger partial charge in [0, 0.05) is 0 Å². The number of hydrogen-bond donors (Lipinski definition) is 0. The van der Waals surface area contributed by atoms with Crippen LogP contribution in [0.3, 0.4) is 0 Å². The summed E-state index contributed by atoms with van der Waals surface area (Å²) < 4.78 is 23.2. The van der Waals surface area contributed by atoms with Crippen molar-refractivity contribution in [2.75, 3.05) is 23.8 Å². The summed E-state index contributed by atoms with van der Waals surface area (Å²) in [6.07, 6.45) is 2.54. The van der Waals surface area contributed by atoms with Gasteiger partial charge in [0.2, 0.25) is 0 Å². The van der Waals surface area contributed by atoms with Crippen molar-refractivity contribution in [3.05, 3.63) is 0 Å². The first kappa shape index (κ1) is 13.9. The van der Waals surface area contributed by atoms with Gasteiger partial charge >= 0.3 is 7.60 Å². The van der Waals surface area contributed by atoms with Gasteiger partial charge in [-0.3, -0.25) is 4.57 Å². The van der Waals surface area contributed by atoms with Gasteiger partial charge in [0.15, 0.2) is 0 Å². The van der Waals surface area contributed by atoms with Crippen LogP contribution in [0, 0.1) is 0 Å². The van der Waals surface area contributed by atoms with Gasteiger partial charge in [-0.2, -0.15) is 0 Å². The number of alkyl halides is 1. The molecule has 3 nitrogen and oxygen atoms in total. The topological polar surface area (TPSA) is 35.5 Å². The highest BCUT2D eigenvalue weighted by Gasteiger charge is 2.21. The first-order chi connectivity index (χ1) is 6.18. The van der Waals surface area contributed by atoms with Gasteiger partial charge in [-0.1, -0.05) is 22.6 Å². The van der Waals surface area contributed by atoms with Crippen molar-refractivity contribution in [2.45, 2.75) is 26.7 Å². The Morgan fingerprint density at radius 1 is 1.15 bits per heavy atom. The molecule has 0 heterocycles. The van der Waals surface area contributed by atoms with Crippen molar-refractivity contribution in [1.82, 2.24) is 0 Å². The molecule has 0 aromatic carbocycles. The van der Waals surface area contributed by atoms with Gasteiger partial charge in [-0.25, -0.2) is 0 Å². The van der Waals surface area contributed by atoms with Crippen molar-refractivity contribution >= 4 is 30.2 Å². The lowest BCUT2D eigenvalue weighted by atomic mass is 10.4. The first-order valence-electron chi connectivity index (χ1n) is 4.62. The van der Waals surface area contributed by atoms with Gasteiger partial charge in [0.25, 0.3) is 0 Å². The molecule has 0 fully saturated rings. The van der Waals surface area contributed by atoms with Gasteiger partial charge in [0.1, 0.15) is 0 Å². The number of rotatable bonds is 8. The standard InChI is InChI=1S/C8H18IO3P/c1-3-11-13(10,12-4-2)8-6-5-7-9/h3-8H2,1-2H3. The van der Waals surface area contributed by atoms with E-state index in [1.54, 1.807) is 0 Å². The van der Waals surface area contributed by atoms with Crippen molar-refractivity contribution in [1.29, 1.82) is 0 Å². The molecule has 0 saturated heterocycles. The summed E-state index contributed by atoms with van der Waals surface area (Å²) in [5, 5.41) is 0. The highest BCUT2D eigenvalue weighted by molar-refractivity contribution is 14.1. The molecule has 0 aliphatic carbocycles. The zero-order valence-corrected chi connectivity index (χ0v) is 11.3. The van der Waals surface area contributed by atoms with E-state index in [-0.39, 0.29) is 0 Å². The Kier molecular flexibility index (Phi) is 8.77. The second-order valence-electron chi connectivity index (χ2n) is 2.57. The van der Waals surface area contributed by atoms with Crippen molar-refractivity contribution in [2.24, 2.45) is 0 Å². The number of hydrogen-bond acceptors (Lipinski definition) is 3. The summed E-state index contributed by atoms with van der Waals surface area (Å²) in [7, 11) is -2.75. The quantitative estimate of drug-likeness (QED) is 0.297. The second kappa shape index (κ2) is 8.21. The highest BCUT2D eigenvalue weighted by atomic mass is 127. The Balaban J connectivity index is 3.85. The molecule has 0 bridgehead atoms.